The molecule has 6 atom stereocenters. The van der Waals surface area contributed by atoms with Crippen LogP contribution in [-0.2, 0) is 23.7 Å². The average Bonchev–Trinajstić information content (AvgIpc) is 3.50. The van der Waals surface area contributed by atoms with Gasteiger partial charge in [0.15, 0.2) is 0 Å². The molecule has 2 saturated heterocycles. The zero-order chi connectivity index (χ0) is 19.8. The van der Waals surface area contributed by atoms with Crippen LogP contribution in [0.1, 0.15) is 53.9 Å². The van der Waals surface area contributed by atoms with Gasteiger partial charge in [0.1, 0.15) is 23.4 Å². The van der Waals surface area contributed by atoms with Crippen molar-refractivity contribution in [1.29, 1.82) is 0 Å². The Balaban J connectivity index is 1.70. The molecule has 154 valence electrons. The predicted molar refractivity (Wildman–Crippen MR) is 103 cm³/mol. The summed E-state index contributed by atoms with van der Waals surface area (Å²) in [4.78, 5) is 12.3. The van der Waals surface area contributed by atoms with E-state index in [1.54, 1.807) is 7.11 Å². The maximum absolute atomic E-state index is 12.3. The minimum atomic E-state index is -0.301. The van der Waals surface area contributed by atoms with Crippen molar-refractivity contribution in [2.45, 2.75) is 89.4 Å². The van der Waals surface area contributed by atoms with E-state index in [2.05, 4.69) is 32.2 Å². The number of hydrogen-bond acceptors (Lipinski definition) is 6. The number of esters is 1. The van der Waals surface area contributed by atoms with Crippen molar-refractivity contribution in [1.82, 2.24) is 5.32 Å². The van der Waals surface area contributed by atoms with Crippen LogP contribution in [0.25, 0.3) is 0 Å². The van der Waals surface area contributed by atoms with Gasteiger partial charge in [-0.15, -0.1) is 0 Å². The molecule has 3 fully saturated rings. The van der Waals surface area contributed by atoms with Crippen molar-refractivity contribution >= 4 is 5.97 Å². The fourth-order valence-electron chi connectivity index (χ4n) is 4.57. The molecule has 1 N–H and O–H groups in total. The molecule has 6 heteroatoms. The van der Waals surface area contributed by atoms with Gasteiger partial charge in [0.2, 0.25) is 0 Å². The third-order valence-electron chi connectivity index (χ3n) is 6.17. The highest BCUT2D eigenvalue weighted by Gasteiger charge is 2.72. The average molecular weight is 382 g/mol. The van der Waals surface area contributed by atoms with E-state index in [0.717, 1.165) is 25.9 Å². The topological polar surface area (TPSA) is 72.6 Å². The molecular weight excluding hydrogens is 346 g/mol. The van der Waals surface area contributed by atoms with E-state index in [9.17, 15) is 4.79 Å². The van der Waals surface area contributed by atoms with Gasteiger partial charge in [0, 0.05) is 13.2 Å². The lowest BCUT2D eigenvalue weighted by Crippen LogP contribution is -2.56. The standard InChI is InChI=1S/C21H35NO5/c1-13(2)7-8-16-20(5,27-16)19-18(24-6)15(9-10-21(19)12-25-21)26-17(23)11-22-14(3)4/h7,14-16,18-19,22H,8-12H2,1-6H3/t15-,16-,18-,19-,20-,21+/m1/s1. The number of methoxy groups -OCH3 is 1. The number of allylic oxidation sites excluding steroid dienone is 1. The molecule has 0 aromatic rings. The van der Waals surface area contributed by atoms with Crippen LogP contribution >= 0.6 is 0 Å². The van der Waals surface area contributed by atoms with Crippen LogP contribution < -0.4 is 5.32 Å². The summed E-state index contributed by atoms with van der Waals surface area (Å²) in [7, 11) is 1.70. The second kappa shape index (κ2) is 7.82. The molecule has 2 aliphatic heterocycles. The lowest BCUT2D eigenvalue weighted by atomic mass is 9.68. The summed E-state index contributed by atoms with van der Waals surface area (Å²) in [6.07, 6.45) is 4.43. The molecule has 1 saturated carbocycles. The van der Waals surface area contributed by atoms with Crippen LogP contribution in [0, 0.1) is 5.92 Å². The highest BCUT2D eigenvalue weighted by Crippen LogP contribution is 2.59. The van der Waals surface area contributed by atoms with Gasteiger partial charge >= 0.3 is 5.97 Å². The van der Waals surface area contributed by atoms with Crippen LogP contribution in [0.3, 0.4) is 0 Å². The Morgan fingerprint density at radius 1 is 1.37 bits per heavy atom. The van der Waals surface area contributed by atoms with Crippen LogP contribution in [-0.4, -0.2) is 61.8 Å². The summed E-state index contributed by atoms with van der Waals surface area (Å²) in [5.41, 5.74) is 0.806. The Labute approximate surface area is 162 Å². The molecule has 3 aliphatic rings. The fraction of sp³-hybridized carbons (Fsp3) is 0.857. The molecule has 0 aromatic heterocycles. The van der Waals surface area contributed by atoms with E-state index >= 15 is 0 Å². The monoisotopic (exact) mass is 381 g/mol. The van der Waals surface area contributed by atoms with E-state index in [1.807, 2.05) is 13.8 Å². The largest absolute Gasteiger partial charge is 0.459 e. The van der Waals surface area contributed by atoms with Crippen LogP contribution in [0.4, 0.5) is 0 Å². The first-order valence-electron chi connectivity index (χ1n) is 10.1. The molecule has 1 aliphatic carbocycles. The summed E-state index contributed by atoms with van der Waals surface area (Å²) >= 11 is 0. The first kappa shape index (κ1) is 20.8. The van der Waals surface area contributed by atoms with Crippen molar-refractivity contribution < 1.29 is 23.7 Å². The molecule has 0 aromatic carbocycles. The highest BCUT2D eigenvalue weighted by molar-refractivity contribution is 5.72. The van der Waals surface area contributed by atoms with Crippen molar-refractivity contribution in [3.63, 3.8) is 0 Å². The zero-order valence-electron chi connectivity index (χ0n) is 17.5. The Hall–Kier alpha value is -0.950. The zero-order valence-corrected chi connectivity index (χ0v) is 17.5. The third-order valence-corrected chi connectivity index (χ3v) is 6.17. The van der Waals surface area contributed by atoms with Gasteiger partial charge in [-0.1, -0.05) is 25.5 Å². The van der Waals surface area contributed by atoms with Gasteiger partial charge in [-0.05, 0) is 40.0 Å². The van der Waals surface area contributed by atoms with E-state index in [0.29, 0.717) is 0 Å². The molecule has 0 amide bonds. The van der Waals surface area contributed by atoms with E-state index in [4.69, 9.17) is 18.9 Å². The molecular formula is C21H35NO5. The lowest BCUT2D eigenvalue weighted by Gasteiger charge is -2.42. The Morgan fingerprint density at radius 3 is 2.63 bits per heavy atom. The van der Waals surface area contributed by atoms with Gasteiger partial charge in [-0.25, -0.2) is 0 Å². The summed E-state index contributed by atoms with van der Waals surface area (Å²) < 4.78 is 23.8. The summed E-state index contributed by atoms with van der Waals surface area (Å²) in [5.74, 6) is -0.166. The van der Waals surface area contributed by atoms with Gasteiger partial charge in [0.25, 0.3) is 0 Å². The molecule has 0 radical (unpaired) electrons. The molecule has 0 bridgehead atoms. The molecule has 6 nitrogen and oxygen atoms in total. The fourth-order valence-corrected chi connectivity index (χ4v) is 4.57. The SMILES string of the molecule is CO[C@@H]1[C@H](OC(=O)CNC(C)C)CC[C@]2(CO2)[C@H]1[C@]1(C)O[C@@H]1CC=C(C)C. The van der Waals surface area contributed by atoms with Gasteiger partial charge < -0.3 is 24.3 Å². The van der Waals surface area contributed by atoms with Gasteiger partial charge in [-0.3, -0.25) is 4.79 Å². The second-order valence-electron chi connectivity index (χ2n) is 8.94. The number of ether oxygens (including phenoxy) is 4. The minimum Gasteiger partial charge on any atom is -0.459 e. The third kappa shape index (κ3) is 4.39. The predicted octanol–water partition coefficient (Wildman–Crippen LogP) is 2.60. The molecule has 3 rings (SSSR count). The Kier molecular flexibility index (Phi) is 6.02. The maximum atomic E-state index is 12.3. The van der Waals surface area contributed by atoms with Crippen molar-refractivity contribution in [3.8, 4) is 0 Å². The number of epoxide rings is 2. The minimum absolute atomic E-state index is 0.0650. The number of rotatable bonds is 8. The number of carbonyl (C=O) groups excluding carboxylic acids is 1. The lowest BCUT2D eigenvalue weighted by molar-refractivity contribution is -0.171. The Morgan fingerprint density at radius 2 is 2.07 bits per heavy atom. The van der Waals surface area contributed by atoms with Crippen molar-refractivity contribution in [3.05, 3.63) is 11.6 Å². The van der Waals surface area contributed by atoms with Crippen LogP contribution in [0.5, 0.6) is 0 Å². The number of hydrogen-bond donors (Lipinski definition) is 1. The van der Waals surface area contributed by atoms with Gasteiger partial charge in [0.05, 0.1) is 25.2 Å². The van der Waals surface area contributed by atoms with Crippen molar-refractivity contribution in [2.24, 2.45) is 5.92 Å². The first-order valence-corrected chi connectivity index (χ1v) is 10.1. The van der Waals surface area contributed by atoms with E-state index in [1.165, 1.54) is 5.57 Å². The number of nitrogens with one attached hydrogen (secondary N) is 1. The molecule has 0 unspecified atom stereocenters. The first-order chi connectivity index (χ1) is 12.7. The second-order valence-corrected chi connectivity index (χ2v) is 8.94. The summed E-state index contributed by atoms with van der Waals surface area (Å²) in [6.45, 7) is 11.3. The summed E-state index contributed by atoms with van der Waals surface area (Å²) in [6, 6.07) is 0.243. The molecule has 27 heavy (non-hydrogen) atoms. The van der Waals surface area contributed by atoms with Crippen molar-refractivity contribution in [2.75, 3.05) is 20.3 Å². The summed E-state index contributed by atoms with van der Waals surface area (Å²) in [5, 5.41) is 3.11. The van der Waals surface area contributed by atoms with E-state index < -0.39 is 0 Å². The van der Waals surface area contributed by atoms with E-state index in [-0.39, 0.29) is 54.0 Å². The quantitative estimate of drug-likeness (QED) is 0.396. The number of carbonyl (C=O) groups is 1. The highest BCUT2D eigenvalue weighted by atomic mass is 16.6. The molecule has 2 heterocycles. The van der Waals surface area contributed by atoms with Crippen LogP contribution in [0.2, 0.25) is 0 Å². The van der Waals surface area contributed by atoms with Gasteiger partial charge in [-0.2, -0.15) is 0 Å². The maximum Gasteiger partial charge on any atom is 0.320 e. The molecule has 1 spiro atoms. The Bertz CT molecular complexity index is 581. The smallest absolute Gasteiger partial charge is 0.320 e. The normalized spacial score (nSPS) is 40.1. The van der Waals surface area contributed by atoms with Crippen LogP contribution in [0.15, 0.2) is 11.6 Å².